The molecule has 19 heavy (non-hydrogen) atoms. The van der Waals surface area contributed by atoms with Gasteiger partial charge in [0, 0.05) is 37.1 Å². The van der Waals surface area contributed by atoms with Crippen LogP contribution >= 0.6 is 0 Å². The molecular formula is C15H22N2O2. The number of piperidine rings is 1. The molecule has 2 N–H and O–H groups in total. The first-order chi connectivity index (χ1) is 9.02. The number of hydrogen-bond donors (Lipinski definition) is 1. The molecule has 0 amide bonds. The lowest BCUT2D eigenvalue weighted by molar-refractivity contribution is 0.0498. The van der Waals surface area contributed by atoms with E-state index in [-0.39, 0.29) is 11.9 Å². The lowest BCUT2D eigenvalue weighted by Gasteiger charge is -2.37. The number of nitrogens with two attached hydrogens (primary N) is 1. The summed E-state index contributed by atoms with van der Waals surface area (Å²) in [6, 6.07) is 5.68. The Kier molecular flexibility index (Phi) is 4.10. The molecule has 2 unspecified atom stereocenters. The second-order valence-electron chi connectivity index (χ2n) is 5.31. The molecule has 1 aliphatic rings. The molecule has 1 saturated heterocycles. The number of carbonyl (C=O) groups is 1. The monoisotopic (exact) mass is 262 g/mol. The molecule has 104 valence electrons. The quantitative estimate of drug-likeness (QED) is 0.671. The average molecular weight is 262 g/mol. The van der Waals surface area contributed by atoms with E-state index in [2.05, 4.69) is 11.8 Å². The maximum absolute atomic E-state index is 11.6. The van der Waals surface area contributed by atoms with Gasteiger partial charge in [-0.25, -0.2) is 0 Å². The van der Waals surface area contributed by atoms with Crippen LogP contribution in [0.15, 0.2) is 18.2 Å². The molecule has 0 aliphatic carbocycles. The molecule has 1 aromatic rings. The summed E-state index contributed by atoms with van der Waals surface area (Å²) in [6.07, 6.45) is 1.34. The highest BCUT2D eigenvalue weighted by molar-refractivity contribution is 6.00. The zero-order valence-corrected chi connectivity index (χ0v) is 11.8. The number of Topliss-reactive ketones (excluding diaryl/α,β-unsaturated/α-hetero) is 1. The van der Waals surface area contributed by atoms with E-state index in [0.29, 0.717) is 17.2 Å². The predicted octanol–water partition coefficient (Wildman–Crippen LogP) is 2.33. The van der Waals surface area contributed by atoms with Crippen molar-refractivity contribution in [1.29, 1.82) is 0 Å². The van der Waals surface area contributed by atoms with E-state index < -0.39 is 0 Å². The van der Waals surface area contributed by atoms with Crippen molar-refractivity contribution in [1.82, 2.24) is 0 Å². The van der Waals surface area contributed by atoms with E-state index in [9.17, 15) is 4.79 Å². The van der Waals surface area contributed by atoms with Crippen molar-refractivity contribution in [2.45, 2.75) is 26.4 Å². The number of nitrogens with zero attached hydrogens (tertiary/aromatic N) is 1. The zero-order valence-electron chi connectivity index (χ0n) is 11.8. The topological polar surface area (TPSA) is 55.6 Å². The van der Waals surface area contributed by atoms with Crippen molar-refractivity contribution in [2.75, 3.05) is 30.8 Å². The molecule has 0 saturated carbocycles. The van der Waals surface area contributed by atoms with E-state index in [1.165, 1.54) is 0 Å². The minimum absolute atomic E-state index is 0.00743. The summed E-state index contributed by atoms with van der Waals surface area (Å²) in [5.41, 5.74) is 8.03. The molecule has 1 heterocycles. The first kappa shape index (κ1) is 13.9. The molecule has 1 aromatic carbocycles. The Morgan fingerprint density at radius 1 is 1.47 bits per heavy atom. The fourth-order valence-electron chi connectivity index (χ4n) is 2.62. The van der Waals surface area contributed by atoms with Gasteiger partial charge < -0.3 is 15.4 Å². The van der Waals surface area contributed by atoms with Crippen LogP contribution in [0.25, 0.3) is 0 Å². The maximum Gasteiger partial charge on any atom is 0.161 e. The van der Waals surface area contributed by atoms with Crippen LogP contribution in [0.4, 0.5) is 11.4 Å². The van der Waals surface area contributed by atoms with Crippen LogP contribution in [-0.2, 0) is 4.74 Å². The lowest BCUT2D eigenvalue weighted by Crippen LogP contribution is -2.44. The van der Waals surface area contributed by atoms with Crippen LogP contribution in [0, 0.1) is 5.92 Å². The van der Waals surface area contributed by atoms with Crippen molar-refractivity contribution in [2.24, 2.45) is 5.92 Å². The van der Waals surface area contributed by atoms with Crippen molar-refractivity contribution < 1.29 is 9.53 Å². The van der Waals surface area contributed by atoms with Gasteiger partial charge in [-0.2, -0.15) is 0 Å². The summed E-state index contributed by atoms with van der Waals surface area (Å²) in [5, 5.41) is 0. The summed E-state index contributed by atoms with van der Waals surface area (Å²) in [4.78, 5) is 13.8. The van der Waals surface area contributed by atoms with Crippen molar-refractivity contribution >= 4 is 17.2 Å². The van der Waals surface area contributed by atoms with Crippen molar-refractivity contribution in [3.05, 3.63) is 23.8 Å². The number of nitrogen functional groups attached to an aromatic ring is 1. The Hall–Kier alpha value is -1.55. The fraction of sp³-hybridized carbons (Fsp3) is 0.533. The minimum atomic E-state index is 0.00743. The van der Waals surface area contributed by atoms with Gasteiger partial charge in [-0.3, -0.25) is 4.79 Å². The van der Waals surface area contributed by atoms with Gasteiger partial charge in [-0.1, -0.05) is 6.92 Å². The van der Waals surface area contributed by atoms with Gasteiger partial charge in [-0.15, -0.1) is 0 Å². The molecule has 2 atom stereocenters. The molecular weight excluding hydrogens is 240 g/mol. The molecule has 0 spiro atoms. The summed E-state index contributed by atoms with van der Waals surface area (Å²) in [5.74, 6) is 0.579. The number of rotatable bonds is 3. The first-order valence-corrected chi connectivity index (χ1v) is 6.71. The van der Waals surface area contributed by atoms with E-state index in [1.807, 2.05) is 18.2 Å². The van der Waals surface area contributed by atoms with Gasteiger partial charge in [-0.05, 0) is 37.5 Å². The Balaban J connectivity index is 2.22. The van der Waals surface area contributed by atoms with Gasteiger partial charge >= 0.3 is 0 Å². The predicted molar refractivity (Wildman–Crippen MR) is 77.6 cm³/mol. The number of anilines is 2. The number of methoxy groups -OCH3 is 1. The Bertz CT molecular complexity index is 473. The van der Waals surface area contributed by atoms with Gasteiger partial charge in [0.25, 0.3) is 0 Å². The van der Waals surface area contributed by atoms with Crippen LogP contribution < -0.4 is 10.6 Å². The summed E-state index contributed by atoms with van der Waals surface area (Å²) >= 11 is 0. The summed E-state index contributed by atoms with van der Waals surface area (Å²) < 4.78 is 5.52. The van der Waals surface area contributed by atoms with Gasteiger partial charge in [0.2, 0.25) is 0 Å². The molecule has 1 aliphatic heterocycles. The second kappa shape index (κ2) is 5.61. The molecule has 4 heteroatoms. The lowest BCUT2D eigenvalue weighted by atomic mass is 9.95. The van der Waals surface area contributed by atoms with Crippen LogP contribution in [0.3, 0.4) is 0 Å². The minimum Gasteiger partial charge on any atom is -0.398 e. The number of ether oxygens (including phenoxy) is 1. The molecule has 0 bridgehead atoms. The summed E-state index contributed by atoms with van der Waals surface area (Å²) in [6.45, 7) is 5.61. The van der Waals surface area contributed by atoms with Crippen LogP contribution in [-0.4, -0.2) is 32.1 Å². The van der Waals surface area contributed by atoms with Crippen molar-refractivity contribution in [3.63, 3.8) is 0 Å². The average Bonchev–Trinajstić information content (AvgIpc) is 2.39. The van der Waals surface area contributed by atoms with Gasteiger partial charge in [0.05, 0.1) is 6.10 Å². The summed E-state index contributed by atoms with van der Waals surface area (Å²) in [7, 11) is 1.76. The van der Waals surface area contributed by atoms with Gasteiger partial charge in [0.15, 0.2) is 5.78 Å². The number of carbonyl (C=O) groups excluding carboxylic acids is 1. The standard InChI is InChI=1S/C15H22N2O2/c1-10-6-7-17(9-15(10)19-3)12-4-5-14(16)13(8-12)11(2)18/h4-5,8,10,15H,6-7,9,16H2,1-3H3. The number of benzene rings is 1. The number of hydrogen-bond acceptors (Lipinski definition) is 4. The third-order valence-corrected chi connectivity index (χ3v) is 3.97. The van der Waals surface area contributed by atoms with E-state index in [0.717, 1.165) is 25.2 Å². The smallest absolute Gasteiger partial charge is 0.161 e. The normalized spacial score (nSPS) is 23.4. The largest absolute Gasteiger partial charge is 0.398 e. The third-order valence-electron chi connectivity index (χ3n) is 3.97. The van der Waals surface area contributed by atoms with Crippen LogP contribution in [0.2, 0.25) is 0 Å². The van der Waals surface area contributed by atoms with Gasteiger partial charge in [0.1, 0.15) is 0 Å². The van der Waals surface area contributed by atoms with E-state index in [4.69, 9.17) is 10.5 Å². The third kappa shape index (κ3) is 2.89. The highest BCUT2D eigenvalue weighted by atomic mass is 16.5. The highest BCUT2D eigenvalue weighted by Gasteiger charge is 2.26. The SMILES string of the molecule is COC1CN(c2ccc(N)c(C(C)=O)c2)CCC1C. The number of ketones is 1. The zero-order chi connectivity index (χ0) is 14.0. The fourth-order valence-corrected chi connectivity index (χ4v) is 2.62. The van der Waals surface area contributed by atoms with Crippen LogP contribution in [0.1, 0.15) is 30.6 Å². The first-order valence-electron chi connectivity index (χ1n) is 6.71. The molecule has 1 fully saturated rings. The maximum atomic E-state index is 11.6. The highest BCUT2D eigenvalue weighted by Crippen LogP contribution is 2.27. The Morgan fingerprint density at radius 2 is 2.21 bits per heavy atom. The Labute approximate surface area is 114 Å². The van der Waals surface area contributed by atoms with Crippen LogP contribution in [0.5, 0.6) is 0 Å². The molecule has 0 aromatic heterocycles. The molecule has 0 radical (unpaired) electrons. The molecule has 4 nitrogen and oxygen atoms in total. The van der Waals surface area contributed by atoms with E-state index >= 15 is 0 Å². The van der Waals surface area contributed by atoms with Crippen molar-refractivity contribution in [3.8, 4) is 0 Å². The molecule has 2 rings (SSSR count). The second-order valence-corrected chi connectivity index (χ2v) is 5.31. The Morgan fingerprint density at radius 3 is 2.84 bits per heavy atom. The van der Waals surface area contributed by atoms with E-state index in [1.54, 1.807) is 14.0 Å².